The Hall–Kier alpha value is -3.76. The predicted molar refractivity (Wildman–Crippen MR) is 130 cm³/mol. The topological polar surface area (TPSA) is 89.8 Å². The van der Waals surface area contributed by atoms with Crippen LogP contribution >= 0.6 is 11.3 Å². The number of benzene rings is 3. The lowest BCUT2D eigenvalue weighted by Crippen LogP contribution is -2.17. The number of nitrogens with zero attached hydrogens (tertiary/aromatic N) is 2. The van der Waals surface area contributed by atoms with Crippen LogP contribution in [0.2, 0.25) is 0 Å². The second-order valence-corrected chi connectivity index (χ2v) is 9.84. The molecule has 4 rings (SSSR count). The molecule has 4 aromatic rings. The molecule has 174 valence electrons. The van der Waals surface area contributed by atoms with Gasteiger partial charge in [0.15, 0.2) is 4.80 Å². The maximum absolute atomic E-state index is 14.3. The molecular weight excluding hydrogens is 477 g/mol. The minimum absolute atomic E-state index is 0.0761. The van der Waals surface area contributed by atoms with Gasteiger partial charge in [-0.1, -0.05) is 23.5 Å². The van der Waals surface area contributed by atoms with Gasteiger partial charge in [-0.3, -0.25) is 9.52 Å². The molecule has 0 aliphatic carbocycles. The van der Waals surface area contributed by atoms with E-state index in [0.29, 0.717) is 27.3 Å². The van der Waals surface area contributed by atoms with Crippen LogP contribution in [0.25, 0.3) is 10.2 Å². The van der Waals surface area contributed by atoms with E-state index in [9.17, 15) is 17.6 Å². The number of halogens is 1. The molecule has 34 heavy (non-hydrogen) atoms. The van der Waals surface area contributed by atoms with Gasteiger partial charge in [0.1, 0.15) is 11.6 Å². The second kappa shape index (κ2) is 9.62. The maximum atomic E-state index is 14.3. The first-order valence-corrected chi connectivity index (χ1v) is 12.4. The van der Waals surface area contributed by atoms with Crippen LogP contribution < -0.4 is 14.3 Å². The van der Waals surface area contributed by atoms with E-state index in [1.54, 1.807) is 34.9 Å². The Morgan fingerprint density at radius 1 is 1.15 bits per heavy atom. The van der Waals surface area contributed by atoms with E-state index in [0.717, 1.165) is 0 Å². The number of rotatable bonds is 7. The molecule has 0 atom stereocenters. The fourth-order valence-corrected chi connectivity index (χ4v) is 5.38. The molecule has 1 aromatic heterocycles. The molecule has 0 unspecified atom stereocenters. The van der Waals surface area contributed by atoms with Crippen molar-refractivity contribution in [2.24, 2.45) is 4.99 Å². The van der Waals surface area contributed by atoms with E-state index in [-0.39, 0.29) is 16.1 Å². The number of thiazole rings is 1. The number of anilines is 1. The van der Waals surface area contributed by atoms with Gasteiger partial charge in [-0.15, -0.1) is 6.58 Å². The minimum Gasteiger partial charge on any atom is -0.497 e. The third kappa shape index (κ3) is 4.78. The monoisotopic (exact) mass is 497 g/mol. The van der Waals surface area contributed by atoms with Crippen molar-refractivity contribution in [2.45, 2.75) is 11.4 Å². The van der Waals surface area contributed by atoms with E-state index < -0.39 is 21.7 Å². The first-order valence-electron chi connectivity index (χ1n) is 10.1. The van der Waals surface area contributed by atoms with Gasteiger partial charge in [-0.25, -0.2) is 12.8 Å². The molecule has 0 saturated heterocycles. The van der Waals surface area contributed by atoms with Crippen LogP contribution in [-0.2, 0) is 16.6 Å². The first-order chi connectivity index (χ1) is 16.3. The number of allylic oxidation sites excluding steroid dienone is 1. The SMILES string of the molecule is C=CCn1c(=NC(=O)c2ccc(NS(=O)(=O)c3ccc(OC)cc3)cc2)sc2cccc(F)c21. The van der Waals surface area contributed by atoms with E-state index in [1.165, 1.54) is 60.9 Å². The maximum Gasteiger partial charge on any atom is 0.279 e. The molecule has 7 nitrogen and oxygen atoms in total. The molecule has 0 aliphatic rings. The number of carbonyl (C=O) groups excluding carboxylic acids is 1. The smallest absolute Gasteiger partial charge is 0.279 e. The average molecular weight is 498 g/mol. The molecule has 3 aromatic carbocycles. The second-order valence-electron chi connectivity index (χ2n) is 7.15. The fraction of sp³-hybridized carbons (Fsp3) is 0.0833. The van der Waals surface area contributed by atoms with E-state index >= 15 is 0 Å². The summed E-state index contributed by atoms with van der Waals surface area (Å²) in [7, 11) is -2.32. The summed E-state index contributed by atoms with van der Waals surface area (Å²) in [5.74, 6) is -0.395. The van der Waals surface area contributed by atoms with Gasteiger partial charge >= 0.3 is 0 Å². The zero-order valence-electron chi connectivity index (χ0n) is 18.1. The Morgan fingerprint density at radius 3 is 2.50 bits per heavy atom. The highest BCUT2D eigenvalue weighted by Gasteiger charge is 2.15. The Labute approximate surface area is 199 Å². The number of sulfonamides is 1. The molecule has 0 bridgehead atoms. The van der Waals surface area contributed by atoms with E-state index in [1.807, 2.05) is 0 Å². The van der Waals surface area contributed by atoms with Crippen molar-refractivity contribution in [3.63, 3.8) is 0 Å². The zero-order chi connectivity index (χ0) is 24.3. The van der Waals surface area contributed by atoms with Crippen molar-refractivity contribution in [3.8, 4) is 5.75 Å². The molecule has 0 radical (unpaired) electrons. The summed E-state index contributed by atoms with van der Waals surface area (Å²) in [6.07, 6.45) is 1.60. The summed E-state index contributed by atoms with van der Waals surface area (Å²) in [6.45, 7) is 3.98. The van der Waals surface area contributed by atoms with Crippen molar-refractivity contribution in [3.05, 3.63) is 95.6 Å². The van der Waals surface area contributed by atoms with Crippen LogP contribution in [0.15, 0.2) is 89.3 Å². The van der Waals surface area contributed by atoms with E-state index in [2.05, 4.69) is 16.3 Å². The molecular formula is C24H20FN3O4S2. The van der Waals surface area contributed by atoms with Gasteiger partial charge in [0, 0.05) is 17.8 Å². The molecule has 0 aliphatic heterocycles. The zero-order valence-corrected chi connectivity index (χ0v) is 19.7. The Morgan fingerprint density at radius 2 is 1.85 bits per heavy atom. The molecule has 1 N–H and O–H groups in total. The predicted octanol–water partition coefficient (Wildman–Crippen LogP) is 4.58. The van der Waals surface area contributed by atoms with Gasteiger partial charge in [-0.2, -0.15) is 4.99 Å². The molecule has 10 heteroatoms. The lowest BCUT2D eigenvalue weighted by atomic mass is 10.2. The summed E-state index contributed by atoms with van der Waals surface area (Å²) < 4.78 is 49.3. The van der Waals surface area contributed by atoms with E-state index in [4.69, 9.17) is 4.74 Å². The Bertz CT molecular complexity index is 1540. The quantitative estimate of drug-likeness (QED) is 0.379. The van der Waals surface area contributed by atoms with Gasteiger partial charge in [0.25, 0.3) is 15.9 Å². The van der Waals surface area contributed by atoms with Gasteiger partial charge < -0.3 is 9.30 Å². The van der Waals surface area contributed by atoms with Crippen LogP contribution in [0.3, 0.4) is 0 Å². The van der Waals surface area contributed by atoms with Crippen molar-refractivity contribution < 1.29 is 22.3 Å². The van der Waals surface area contributed by atoms with Crippen LogP contribution in [-0.4, -0.2) is 26.0 Å². The van der Waals surface area contributed by atoms with Gasteiger partial charge in [-0.05, 0) is 60.7 Å². The van der Waals surface area contributed by atoms with Crippen molar-refractivity contribution in [2.75, 3.05) is 11.8 Å². The average Bonchev–Trinajstić information content (AvgIpc) is 3.17. The molecule has 0 saturated carbocycles. The summed E-state index contributed by atoms with van der Waals surface area (Å²) in [5.41, 5.74) is 0.913. The van der Waals surface area contributed by atoms with Gasteiger partial charge in [0.2, 0.25) is 0 Å². The Balaban J connectivity index is 1.59. The summed E-state index contributed by atoms with van der Waals surface area (Å²) in [4.78, 5) is 17.4. The summed E-state index contributed by atoms with van der Waals surface area (Å²) in [6, 6.07) is 16.6. The molecule has 1 amide bonds. The third-order valence-electron chi connectivity index (χ3n) is 4.91. The van der Waals surface area contributed by atoms with Crippen LogP contribution in [0.4, 0.5) is 10.1 Å². The number of carbonyl (C=O) groups is 1. The van der Waals surface area contributed by atoms with Crippen molar-refractivity contribution in [1.82, 2.24) is 4.57 Å². The molecule has 0 spiro atoms. The fourth-order valence-electron chi connectivity index (χ4n) is 3.27. The summed E-state index contributed by atoms with van der Waals surface area (Å²) >= 11 is 1.20. The number of amides is 1. The number of nitrogens with one attached hydrogen (secondary N) is 1. The minimum atomic E-state index is -3.81. The number of ether oxygens (including phenoxy) is 1. The number of aromatic nitrogens is 1. The Kier molecular flexibility index (Phi) is 6.62. The number of hydrogen-bond acceptors (Lipinski definition) is 5. The van der Waals surface area contributed by atoms with Gasteiger partial charge in [0.05, 0.1) is 22.2 Å². The third-order valence-corrected chi connectivity index (χ3v) is 7.36. The highest BCUT2D eigenvalue weighted by atomic mass is 32.2. The number of fused-ring (bicyclic) bond motifs is 1. The van der Waals surface area contributed by atoms with Crippen molar-refractivity contribution in [1.29, 1.82) is 0 Å². The number of hydrogen-bond donors (Lipinski definition) is 1. The first kappa shape index (κ1) is 23.4. The summed E-state index contributed by atoms with van der Waals surface area (Å²) in [5, 5.41) is 0. The normalized spacial score (nSPS) is 12.0. The highest BCUT2D eigenvalue weighted by molar-refractivity contribution is 7.92. The lowest BCUT2D eigenvalue weighted by Gasteiger charge is -2.09. The van der Waals surface area contributed by atoms with Crippen molar-refractivity contribution >= 4 is 43.2 Å². The van der Waals surface area contributed by atoms with Crippen LogP contribution in [0.1, 0.15) is 10.4 Å². The standard InChI is InChI=1S/C24H20FN3O4S2/c1-3-15-28-22-20(25)5-4-6-21(22)33-24(28)26-23(29)16-7-9-17(10-8-16)27-34(30,31)19-13-11-18(32-2)12-14-19/h3-14,27H,1,15H2,2H3. The lowest BCUT2D eigenvalue weighted by molar-refractivity contribution is 0.0998. The largest absolute Gasteiger partial charge is 0.497 e. The van der Waals surface area contributed by atoms with Crippen LogP contribution in [0.5, 0.6) is 5.75 Å². The number of para-hydroxylation sites is 1. The highest BCUT2D eigenvalue weighted by Crippen LogP contribution is 2.22. The molecule has 0 fully saturated rings. The molecule has 1 heterocycles. The van der Waals surface area contributed by atoms with Crippen LogP contribution in [0, 0.1) is 5.82 Å². The number of methoxy groups -OCH3 is 1.